The van der Waals surface area contributed by atoms with Crippen LogP contribution in [0.4, 0.5) is 5.82 Å². The molecule has 0 N–H and O–H groups in total. The van der Waals surface area contributed by atoms with Gasteiger partial charge in [0.1, 0.15) is 5.82 Å². The predicted octanol–water partition coefficient (Wildman–Crippen LogP) is 4.79. The highest BCUT2D eigenvalue weighted by molar-refractivity contribution is 6.17. The molecule has 0 aliphatic carbocycles. The van der Waals surface area contributed by atoms with Gasteiger partial charge in [0, 0.05) is 24.2 Å². The van der Waals surface area contributed by atoms with E-state index in [9.17, 15) is 0 Å². The quantitative estimate of drug-likeness (QED) is 0.503. The first-order valence-electron chi connectivity index (χ1n) is 7.44. The predicted molar refractivity (Wildman–Crippen MR) is 85.2 cm³/mol. The van der Waals surface area contributed by atoms with Gasteiger partial charge in [-0.25, -0.2) is 4.98 Å². The molecule has 0 bridgehead atoms. The summed E-state index contributed by atoms with van der Waals surface area (Å²) in [4.78, 5) is 7.16. The minimum Gasteiger partial charge on any atom is -0.354 e. The normalized spacial score (nSPS) is 11.1. The van der Waals surface area contributed by atoms with Crippen LogP contribution in [0.1, 0.15) is 58.2 Å². The van der Waals surface area contributed by atoms with Gasteiger partial charge in [-0.2, -0.15) is 0 Å². The maximum absolute atomic E-state index is 5.99. The largest absolute Gasteiger partial charge is 0.354 e. The van der Waals surface area contributed by atoms with E-state index in [4.69, 9.17) is 16.6 Å². The lowest BCUT2D eigenvalue weighted by Gasteiger charge is -2.28. The van der Waals surface area contributed by atoms with E-state index in [1.54, 1.807) is 0 Å². The number of pyridine rings is 1. The van der Waals surface area contributed by atoms with Crippen molar-refractivity contribution >= 4 is 17.4 Å². The highest BCUT2D eigenvalue weighted by Gasteiger charge is 2.13. The Bertz CT molecular complexity index is 355. The first-order valence-corrected chi connectivity index (χ1v) is 7.98. The van der Waals surface area contributed by atoms with Crippen LogP contribution in [0.3, 0.4) is 0 Å². The molecule has 0 saturated heterocycles. The Morgan fingerprint density at radius 3 is 2.47 bits per heavy atom. The highest BCUT2D eigenvalue weighted by atomic mass is 35.5. The Hall–Kier alpha value is -0.760. The third-order valence-electron chi connectivity index (χ3n) is 3.36. The first-order chi connectivity index (χ1) is 9.12. The summed E-state index contributed by atoms with van der Waals surface area (Å²) in [6.45, 7) is 9.91. The summed E-state index contributed by atoms with van der Waals surface area (Å²) in [5.41, 5.74) is 2.30. The molecule has 1 aromatic rings. The van der Waals surface area contributed by atoms with Gasteiger partial charge >= 0.3 is 0 Å². The van der Waals surface area contributed by atoms with Crippen molar-refractivity contribution in [3.63, 3.8) is 0 Å². The SMILES string of the molecule is CCCCCN(c1cc(CCl)cc(CC)n1)C(C)C. The summed E-state index contributed by atoms with van der Waals surface area (Å²) in [7, 11) is 0. The molecule has 19 heavy (non-hydrogen) atoms. The van der Waals surface area contributed by atoms with E-state index < -0.39 is 0 Å². The molecule has 2 nitrogen and oxygen atoms in total. The molecule has 0 amide bonds. The standard InChI is InChI=1S/C16H27ClN2/c1-5-7-8-9-19(13(3)4)16-11-14(12-17)10-15(6-2)18-16/h10-11,13H,5-9,12H2,1-4H3. The van der Waals surface area contributed by atoms with Crippen molar-refractivity contribution in [2.24, 2.45) is 0 Å². The number of hydrogen-bond donors (Lipinski definition) is 0. The van der Waals surface area contributed by atoms with Crippen LogP contribution in [0.2, 0.25) is 0 Å². The lowest BCUT2D eigenvalue weighted by Crippen LogP contribution is -2.32. The summed E-state index contributed by atoms with van der Waals surface area (Å²) in [6.07, 6.45) is 4.71. The molecule has 0 atom stereocenters. The second kappa shape index (κ2) is 8.42. The number of hydrogen-bond acceptors (Lipinski definition) is 2. The van der Waals surface area contributed by atoms with Gasteiger partial charge in [-0.1, -0.05) is 26.7 Å². The van der Waals surface area contributed by atoms with Crippen LogP contribution in [0.5, 0.6) is 0 Å². The van der Waals surface area contributed by atoms with Crippen LogP contribution in [0.25, 0.3) is 0 Å². The molecule has 0 aliphatic heterocycles. The Labute approximate surface area is 123 Å². The zero-order valence-electron chi connectivity index (χ0n) is 12.7. The summed E-state index contributed by atoms with van der Waals surface area (Å²) < 4.78 is 0. The second-order valence-electron chi connectivity index (χ2n) is 5.31. The van der Waals surface area contributed by atoms with Crippen LogP contribution in [0, 0.1) is 0 Å². The number of aromatic nitrogens is 1. The van der Waals surface area contributed by atoms with E-state index in [2.05, 4.69) is 44.7 Å². The maximum Gasteiger partial charge on any atom is 0.129 e. The summed E-state index contributed by atoms with van der Waals surface area (Å²) in [5, 5.41) is 0. The average Bonchev–Trinajstić information content (AvgIpc) is 2.42. The number of nitrogens with zero attached hydrogens (tertiary/aromatic N) is 2. The second-order valence-corrected chi connectivity index (χ2v) is 5.57. The molecule has 1 rings (SSSR count). The molecule has 0 aliphatic rings. The van der Waals surface area contributed by atoms with E-state index >= 15 is 0 Å². The molecule has 0 spiro atoms. The molecule has 108 valence electrons. The van der Waals surface area contributed by atoms with Crippen molar-refractivity contribution in [3.05, 3.63) is 23.4 Å². The molecule has 0 radical (unpaired) electrons. The van der Waals surface area contributed by atoms with Crippen molar-refractivity contribution in [1.82, 2.24) is 4.98 Å². The van der Waals surface area contributed by atoms with Gasteiger partial charge in [0.25, 0.3) is 0 Å². The lowest BCUT2D eigenvalue weighted by atomic mass is 10.1. The molecule has 0 aromatic carbocycles. The molecule has 0 saturated carbocycles. The fourth-order valence-corrected chi connectivity index (χ4v) is 2.36. The van der Waals surface area contributed by atoms with Gasteiger partial charge in [-0.05, 0) is 44.4 Å². The van der Waals surface area contributed by atoms with E-state index in [0.717, 1.165) is 24.5 Å². The van der Waals surface area contributed by atoms with Crippen LogP contribution in [-0.4, -0.2) is 17.6 Å². The maximum atomic E-state index is 5.99. The van der Waals surface area contributed by atoms with E-state index in [0.29, 0.717) is 11.9 Å². The fraction of sp³-hybridized carbons (Fsp3) is 0.688. The number of alkyl halides is 1. The first kappa shape index (κ1) is 16.3. The fourth-order valence-electron chi connectivity index (χ4n) is 2.21. The van der Waals surface area contributed by atoms with Crippen LogP contribution in [0.15, 0.2) is 12.1 Å². The van der Waals surface area contributed by atoms with Gasteiger partial charge < -0.3 is 4.90 Å². The molecule has 0 fully saturated rings. The minimum absolute atomic E-state index is 0.472. The van der Waals surface area contributed by atoms with Crippen LogP contribution in [-0.2, 0) is 12.3 Å². The number of anilines is 1. The third kappa shape index (κ3) is 5.02. The van der Waals surface area contributed by atoms with Crippen molar-refractivity contribution in [2.45, 2.75) is 65.3 Å². The zero-order chi connectivity index (χ0) is 14.3. The summed E-state index contributed by atoms with van der Waals surface area (Å²) in [5.74, 6) is 1.64. The molecule has 0 unspecified atom stereocenters. The van der Waals surface area contributed by atoms with Crippen molar-refractivity contribution in [1.29, 1.82) is 0 Å². The lowest BCUT2D eigenvalue weighted by molar-refractivity contribution is 0.618. The van der Waals surface area contributed by atoms with Crippen molar-refractivity contribution in [3.8, 4) is 0 Å². The molecule has 1 heterocycles. The van der Waals surface area contributed by atoms with Gasteiger partial charge in [0.15, 0.2) is 0 Å². The Morgan fingerprint density at radius 1 is 1.21 bits per heavy atom. The highest BCUT2D eigenvalue weighted by Crippen LogP contribution is 2.20. The Balaban J connectivity index is 2.93. The number of aryl methyl sites for hydroxylation is 1. The topological polar surface area (TPSA) is 16.1 Å². The smallest absolute Gasteiger partial charge is 0.129 e. The molecule has 1 aromatic heterocycles. The van der Waals surface area contributed by atoms with Gasteiger partial charge in [-0.3, -0.25) is 0 Å². The number of unbranched alkanes of at least 4 members (excludes halogenated alkanes) is 2. The van der Waals surface area contributed by atoms with Crippen LogP contribution < -0.4 is 4.90 Å². The molecular weight excluding hydrogens is 256 g/mol. The van der Waals surface area contributed by atoms with Gasteiger partial charge in [0.2, 0.25) is 0 Å². The van der Waals surface area contributed by atoms with E-state index in [1.807, 2.05) is 0 Å². The number of halogens is 1. The van der Waals surface area contributed by atoms with Crippen molar-refractivity contribution in [2.75, 3.05) is 11.4 Å². The summed E-state index contributed by atoms with van der Waals surface area (Å²) in [6, 6.07) is 4.72. The van der Waals surface area contributed by atoms with Gasteiger partial charge in [-0.15, -0.1) is 11.6 Å². The molecule has 3 heteroatoms. The Kier molecular flexibility index (Phi) is 7.22. The monoisotopic (exact) mass is 282 g/mol. The average molecular weight is 283 g/mol. The number of rotatable bonds is 8. The molecular formula is C16H27ClN2. The zero-order valence-corrected chi connectivity index (χ0v) is 13.5. The van der Waals surface area contributed by atoms with Crippen LogP contribution >= 0.6 is 11.6 Å². The third-order valence-corrected chi connectivity index (χ3v) is 3.67. The van der Waals surface area contributed by atoms with E-state index in [-0.39, 0.29) is 0 Å². The summed E-state index contributed by atoms with van der Waals surface area (Å²) >= 11 is 5.99. The Morgan fingerprint density at radius 2 is 1.95 bits per heavy atom. The van der Waals surface area contributed by atoms with Crippen molar-refractivity contribution < 1.29 is 0 Å². The minimum atomic E-state index is 0.472. The van der Waals surface area contributed by atoms with E-state index in [1.165, 1.54) is 24.8 Å². The van der Waals surface area contributed by atoms with Gasteiger partial charge in [0.05, 0.1) is 0 Å².